The molecule has 2 atom stereocenters. The number of aryl methyl sites for hydroxylation is 1. The van der Waals surface area contributed by atoms with Crippen molar-refractivity contribution in [3.63, 3.8) is 0 Å². The first-order valence-electron chi connectivity index (χ1n) is 7.46. The zero-order valence-electron chi connectivity index (χ0n) is 12.9. The molecule has 1 saturated heterocycles. The Bertz CT molecular complexity index is 691. The Morgan fingerprint density at radius 2 is 2.30 bits per heavy atom. The van der Waals surface area contributed by atoms with Crippen molar-refractivity contribution in [2.75, 3.05) is 18.4 Å². The number of rotatable bonds is 5. The molecule has 1 aliphatic heterocycles. The molecule has 1 aliphatic rings. The molecule has 0 saturated carbocycles. The van der Waals surface area contributed by atoms with E-state index in [1.54, 1.807) is 6.20 Å². The van der Waals surface area contributed by atoms with Crippen LogP contribution in [0, 0.1) is 11.3 Å². The summed E-state index contributed by atoms with van der Waals surface area (Å²) in [5.41, 5.74) is 1.33. The van der Waals surface area contributed by atoms with E-state index in [1.807, 2.05) is 23.9 Å². The molecule has 0 bridgehead atoms. The van der Waals surface area contributed by atoms with Crippen LogP contribution in [0.2, 0.25) is 0 Å². The van der Waals surface area contributed by atoms with Gasteiger partial charge in [0.05, 0.1) is 18.1 Å². The third-order valence-electron chi connectivity index (χ3n) is 4.05. The first-order valence-corrected chi connectivity index (χ1v) is 7.46. The zero-order chi connectivity index (χ0) is 16.2. The minimum absolute atomic E-state index is 0.0809. The highest BCUT2D eigenvalue weighted by molar-refractivity contribution is 5.33. The lowest BCUT2D eigenvalue weighted by atomic mass is 10.2. The lowest BCUT2D eigenvalue weighted by molar-refractivity contribution is 0.235. The van der Waals surface area contributed by atoms with E-state index in [0.717, 1.165) is 5.69 Å². The van der Waals surface area contributed by atoms with Gasteiger partial charge < -0.3 is 5.32 Å². The van der Waals surface area contributed by atoms with Gasteiger partial charge in [-0.2, -0.15) is 10.4 Å². The second-order valence-corrected chi connectivity index (χ2v) is 5.64. The van der Waals surface area contributed by atoms with Crippen molar-refractivity contribution in [2.45, 2.75) is 25.2 Å². The molecule has 3 heterocycles. The highest BCUT2D eigenvalue weighted by atomic mass is 19.1. The Balaban J connectivity index is 1.60. The molecule has 0 spiro atoms. The predicted octanol–water partition coefficient (Wildman–Crippen LogP) is 1.11. The Morgan fingerprint density at radius 3 is 2.96 bits per heavy atom. The minimum atomic E-state index is -0.818. The summed E-state index contributed by atoms with van der Waals surface area (Å²) in [6, 6.07) is 3.95. The first kappa shape index (κ1) is 15.4. The SMILES string of the molecule is Cn1nccc1CN1C[C@@H](F)C[C@H]1CNc1cnc(C#N)cn1. The van der Waals surface area contributed by atoms with Crippen LogP contribution in [0.1, 0.15) is 17.8 Å². The number of halogens is 1. The van der Waals surface area contributed by atoms with E-state index < -0.39 is 6.17 Å². The van der Waals surface area contributed by atoms with Crippen LogP contribution < -0.4 is 5.32 Å². The summed E-state index contributed by atoms with van der Waals surface area (Å²) in [6.07, 6.45) is 4.36. The van der Waals surface area contributed by atoms with E-state index in [4.69, 9.17) is 5.26 Å². The number of aromatic nitrogens is 4. The first-order chi connectivity index (χ1) is 11.2. The lowest BCUT2D eigenvalue weighted by Gasteiger charge is -2.24. The third kappa shape index (κ3) is 3.63. The molecule has 0 amide bonds. The van der Waals surface area contributed by atoms with Crippen molar-refractivity contribution < 1.29 is 4.39 Å². The highest BCUT2D eigenvalue weighted by Gasteiger charge is 2.32. The Hall–Kier alpha value is -2.53. The fourth-order valence-electron chi connectivity index (χ4n) is 2.79. The molecule has 8 heteroatoms. The molecule has 1 fully saturated rings. The summed E-state index contributed by atoms with van der Waals surface area (Å²) in [4.78, 5) is 10.2. The van der Waals surface area contributed by atoms with Crippen molar-refractivity contribution in [3.8, 4) is 6.07 Å². The molecule has 0 aliphatic carbocycles. The topological polar surface area (TPSA) is 82.7 Å². The number of nitriles is 1. The average Bonchev–Trinajstić information content (AvgIpc) is 3.12. The predicted molar refractivity (Wildman–Crippen MR) is 82.2 cm³/mol. The van der Waals surface area contributed by atoms with E-state index in [0.29, 0.717) is 31.9 Å². The molecular formula is C15H18FN7. The third-order valence-corrected chi connectivity index (χ3v) is 4.05. The largest absolute Gasteiger partial charge is 0.367 e. The molecule has 2 aromatic rings. The van der Waals surface area contributed by atoms with Crippen LogP contribution in [0.3, 0.4) is 0 Å². The zero-order valence-corrected chi connectivity index (χ0v) is 12.9. The second kappa shape index (κ2) is 6.71. The Kier molecular flexibility index (Phi) is 4.48. The second-order valence-electron chi connectivity index (χ2n) is 5.64. The standard InChI is InChI=1S/C15H18FN7/c1-22-13(2-3-21-22)10-23-9-11(16)4-14(23)7-20-15-8-18-12(5-17)6-19-15/h2-3,6,8,11,14H,4,7,9-10H2,1H3,(H,19,20)/t11-,14-/m0/s1. The number of alkyl halides is 1. The number of nitrogens with zero attached hydrogens (tertiary/aromatic N) is 6. The summed E-state index contributed by atoms with van der Waals surface area (Å²) in [6.45, 7) is 1.68. The van der Waals surface area contributed by atoms with Gasteiger partial charge >= 0.3 is 0 Å². The molecule has 7 nitrogen and oxygen atoms in total. The van der Waals surface area contributed by atoms with Crippen LogP contribution in [0.5, 0.6) is 0 Å². The fraction of sp³-hybridized carbons (Fsp3) is 0.467. The normalized spacial score (nSPS) is 21.3. The van der Waals surface area contributed by atoms with Crippen molar-refractivity contribution in [2.24, 2.45) is 7.05 Å². The van der Waals surface area contributed by atoms with Crippen molar-refractivity contribution >= 4 is 5.82 Å². The number of nitrogens with one attached hydrogen (secondary N) is 1. The summed E-state index contributed by atoms with van der Waals surface area (Å²) < 4.78 is 15.6. The minimum Gasteiger partial charge on any atom is -0.367 e. The van der Waals surface area contributed by atoms with Gasteiger partial charge in [-0.25, -0.2) is 14.4 Å². The molecular weight excluding hydrogens is 297 g/mol. The number of likely N-dealkylation sites (tertiary alicyclic amines) is 1. The van der Waals surface area contributed by atoms with Gasteiger partial charge in [0.25, 0.3) is 0 Å². The molecule has 0 aromatic carbocycles. The Morgan fingerprint density at radius 1 is 1.43 bits per heavy atom. The molecule has 0 radical (unpaired) electrons. The summed E-state index contributed by atoms with van der Waals surface area (Å²) in [7, 11) is 1.89. The Labute approximate surface area is 133 Å². The van der Waals surface area contributed by atoms with Crippen LogP contribution >= 0.6 is 0 Å². The average molecular weight is 315 g/mol. The molecule has 120 valence electrons. The van der Waals surface area contributed by atoms with E-state index in [9.17, 15) is 4.39 Å². The van der Waals surface area contributed by atoms with Gasteiger partial charge in [0.1, 0.15) is 18.1 Å². The van der Waals surface area contributed by atoms with Gasteiger partial charge in [-0.1, -0.05) is 0 Å². The highest BCUT2D eigenvalue weighted by Crippen LogP contribution is 2.22. The maximum atomic E-state index is 13.8. The maximum absolute atomic E-state index is 13.8. The monoisotopic (exact) mass is 315 g/mol. The molecule has 0 unspecified atom stereocenters. The molecule has 2 aromatic heterocycles. The summed E-state index contributed by atoms with van der Waals surface area (Å²) >= 11 is 0. The van der Waals surface area contributed by atoms with Gasteiger partial charge in [0, 0.05) is 38.9 Å². The van der Waals surface area contributed by atoms with E-state index in [2.05, 4.69) is 25.3 Å². The summed E-state index contributed by atoms with van der Waals surface area (Å²) in [5.74, 6) is 0.590. The number of anilines is 1. The molecule has 3 rings (SSSR count). The van der Waals surface area contributed by atoms with Crippen LogP contribution in [0.25, 0.3) is 0 Å². The fourth-order valence-corrected chi connectivity index (χ4v) is 2.79. The number of hydrogen-bond acceptors (Lipinski definition) is 6. The van der Waals surface area contributed by atoms with Crippen molar-refractivity contribution in [3.05, 3.63) is 36.0 Å². The van der Waals surface area contributed by atoms with Crippen LogP contribution in [-0.2, 0) is 13.6 Å². The van der Waals surface area contributed by atoms with Gasteiger partial charge in [0.15, 0.2) is 5.69 Å². The van der Waals surface area contributed by atoms with E-state index in [1.165, 1.54) is 12.4 Å². The number of hydrogen-bond donors (Lipinski definition) is 1. The van der Waals surface area contributed by atoms with Gasteiger partial charge in [-0.05, 0) is 12.5 Å². The van der Waals surface area contributed by atoms with Crippen LogP contribution in [0.15, 0.2) is 24.7 Å². The smallest absolute Gasteiger partial charge is 0.158 e. The lowest BCUT2D eigenvalue weighted by Crippen LogP contribution is -2.35. The van der Waals surface area contributed by atoms with E-state index >= 15 is 0 Å². The van der Waals surface area contributed by atoms with Gasteiger partial charge in [-0.15, -0.1) is 0 Å². The van der Waals surface area contributed by atoms with Crippen molar-refractivity contribution in [1.82, 2.24) is 24.6 Å². The maximum Gasteiger partial charge on any atom is 0.158 e. The van der Waals surface area contributed by atoms with Gasteiger partial charge in [0.2, 0.25) is 0 Å². The van der Waals surface area contributed by atoms with Gasteiger partial charge in [-0.3, -0.25) is 9.58 Å². The van der Waals surface area contributed by atoms with E-state index in [-0.39, 0.29) is 11.7 Å². The van der Waals surface area contributed by atoms with Crippen LogP contribution in [0.4, 0.5) is 10.2 Å². The molecule has 1 N–H and O–H groups in total. The quantitative estimate of drug-likeness (QED) is 0.890. The van der Waals surface area contributed by atoms with Crippen molar-refractivity contribution in [1.29, 1.82) is 5.26 Å². The van der Waals surface area contributed by atoms with Crippen LogP contribution in [-0.4, -0.2) is 50.0 Å². The molecule has 23 heavy (non-hydrogen) atoms. The summed E-state index contributed by atoms with van der Waals surface area (Å²) in [5, 5.41) is 16.0.